The topological polar surface area (TPSA) is 32.3 Å². The Hall–Kier alpha value is -0.220. The smallest absolute Gasteiger partial charge is 0.0624 e. The van der Waals surface area contributed by atoms with Crippen LogP contribution in [0.2, 0.25) is 5.02 Å². The van der Waals surface area contributed by atoms with Gasteiger partial charge in [-0.2, -0.15) is 11.8 Å². The van der Waals surface area contributed by atoms with Crippen LogP contribution in [0, 0.1) is 5.92 Å². The van der Waals surface area contributed by atoms with Crippen molar-refractivity contribution in [2.24, 2.45) is 5.92 Å². The Balaban J connectivity index is 1.85. The van der Waals surface area contributed by atoms with E-state index in [-0.39, 0.29) is 12.1 Å². The van der Waals surface area contributed by atoms with Crippen LogP contribution in [0.3, 0.4) is 0 Å². The number of aliphatic hydroxyl groups excluding tert-OH is 1. The monoisotopic (exact) mass is 285 g/mol. The molecule has 2 nitrogen and oxygen atoms in total. The van der Waals surface area contributed by atoms with Crippen LogP contribution in [0.1, 0.15) is 18.4 Å². The van der Waals surface area contributed by atoms with E-state index in [9.17, 15) is 5.11 Å². The lowest BCUT2D eigenvalue weighted by atomic mass is 9.97. The summed E-state index contributed by atoms with van der Waals surface area (Å²) in [5.41, 5.74) is 1.19. The summed E-state index contributed by atoms with van der Waals surface area (Å²) < 4.78 is 0. The zero-order chi connectivity index (χ0) is 13.0. The Kier molecular flexibility index (Phi) is 4.96. The largest absolute Gasteiger partial charge is 0.394 e. The number of hydrogen-bond donors (Lipinski definition) is 2. The molecule has 0 spiro atoms. The standard InChI is InChI=1S/C14H20ClNOS/c1-16-14(9-17,12-4-5-12)10-18-8-11-2-6-13(15)7-3-11/h2-3,6-7,12,16-17H,4-5,8-10H2,1H3. The molecule has 1 fully saturated rings. The van der Waals surface area contributed by atoms with Crippen LogP contribution in [-0.4, -0.2) is 30.1 Å². The molecule has 2 rings (SSSR count). The summed E-state index contributed by atoms with van der Waals surface area (Å²) in [6.45, 7) is 0.224. The van der Waals surface area contributed by atoms with Crippen molar-refractivity contribution in [1.82, 2.24) is 5.32 Å². The second-order valence-electron chi connectivity index (χ2n) is 4.96. The maximum Gasteiger partial charge on any atom is 0.0624 e. The summed E-state index contributed by atoms with van der Waals surface area (Å²) in [5, 5.41) is 13.7. The van der Waals surface area contributed by atoms with E-state index in [1.165, 1.54) is 18.4 Å². The molecule has 1 aliphatic carbocycles. The van der Waals surface area contributed by atoms with Crippen molar-refractivity contribution in [1.29, 1.82) is 0 Å². The van der Waals surface area contributed by atoms with E-state index in [1.807, 2.05) is 30.9 Å². The van der Waals surface area contributed by atoms with Crippen molar-refractivity contribution in [3.63, 3.8) is 0 Å². The van der Waals surface area contributed by atoms with Crippen LogP contribution in [0.15, 0.2) is 24.3 Å². The number of aliphatic hydroxyl groups is 1. The molecule has 1 saturated carbocycles. The lowest BCUT2D eigenvalue weighted by Gasteiger charge is -2.31. The number of benzene rings is 1. The van der Waals surface area contributed by atoms with Gasteiger partial charge in [0.1, 0.15) is 0 Å². The molecule has 0 aliphatic heterocycles. The van der Waals surface area contributed by atoms with Crippen molar-refractivity contribution in [2.45, 2.75) is 24.1 Å². The zero-order valence-electron chi connectivity index (χ0n) is 10.7. The first-order valence-electron chi connectivity index (χ1n) is 6.32. The van der Waals surface area contributed by atoms with Crippen LogP contribution >= 0.6 is 23.4 Å². The summed E-state index contributed by atoms with van der Waals surface area (Å²) in [7, 11) is 1.96. The fraction of sp³-hybridized carbons (Fsp3) is 0.571. The first-order valence-corrected chi connectivity index (χ1v) is 7.85. The molecular weight excluding hydrogens is 266 g/mol. The maximum absolute atomic E-state index is 9.63. The Morgan fingerprint density at radius 3 is 2.56 bits per heavy atom. The second-order valence-corrected chi connectivity index (χ2v) is 6.38. The summed E-state index contributed by atoms with van der Waals surface area (Å²) in [4.78, 5) is 0. The molecule has 1 aliphatic rings. The van der Waals surface area contributed by atoms with E-state index < -0.39 is 0 Å². The van der Waals surface area contributed by atoms with Crippen molar-refractivity contribution in [3.8, 4) is 0 Å². The van der Waals surface area contributed by atoms with Gasteiger partial charge in [-0.25, -0.2) is 0 Å². The lowest BCUT2D eigenvalue weighted by molar-refractivity contribution is 0.167. The third kappa shape index (κ3) is 3.41. The maximum atomic E-state index is 9.63. The molecular formula is C14H20ClNOS. The van der Waals surface area contributed by atoms with Gasteiger partial charge < -0.3 is 10.4 Å². The molecule has 18 heavy (non-hydrogen) atoms. The number of likely N-dealkylation sites (N-methyl/N-ethyl adjacent to an activating group) is 1. The van der Waals surface area contributed by atoms with Gasteiger partial charge in [-0.15, -0.1) is 0 Å². The number of rotatable bonds is 7. The molecule has 0 bridgehead atoms. The van der Waals surface area contributed by atoms with Gasteiger partial charge in [0.05, 0.1) is 12.1 Å². The highest BCUT2D eigenvalue weighted by Gasteiger charge is 2.43. The minimum atomic E-state index is -0.0862. The van der Waals surface area contributed by atoms with Crippen molar-refractivity contribution in [3.05, 3.63) is 34.9 Å². The molecule has 0 heterocycles. The van der Waals surface area contributed by atoms with Crippen LogP contribution in [0.25, 0.3) is 0 Å². The Bertz CT molecular complexity index is 374. The zero-order valence-corrected chi connectivity index (χ0v) is 12.2. The summed E-state index contributed by atoms with van der Waals surface area (Å²) in [6, 6.07) is 7.98. The predicted octanol–water partition coefficient (Wildman–Crippen LogP) is 2.93. The molecule has 0 radical (unpaired) electrons. The molecule has 2 N–H and O–H groups in total. The number of thioether (sulfide) groups is 1. The minimum absolute atomic E-state index is 0.0862. The Morgan fingerprint density at radius 1 is 1.39 bits per heavy atom. The fourth-order valence-electron chi connectivity index (χ4n) is 2.22. The molecule has 0 amide bonds. The van der Waals surface area contributed by atoms with E-state index in [4.69, 9.17) is 11.6 Å². The average molecular weight is 286 g/mol. The van der Waals surface area contributed by atoms with Gasteiger partial charge in [0, 0.05) is 16.5 Å². The highest BCUT2D eigenvalue weighted by Crippen LogP contribution is 2.41. The molecule has 1 atom stereocenters. The average Bonchev–Trinajstić information content (AvgIpc) is 3.22. The van der Waals surface area contributed by atoms with Gasteiger partial charge in [-0.3, -0.25) is 0 Å². The minimum Gasteiger partial charge on any atom is -0.394 e. The summed E-state index contributed by atoms with van der Waals surface area (Å²) in [6.07, 6.45) is 2.48. The van der Waals surface area contributed by atoms with Crippen LogP contribution in [0.5, 0.6) is 0 Å². The van der Waals surface area contributed by atoms with Gasteiger partial charge in [0.25, 0.3) is 0 Å². The van der Waals surface area contributed by atoms with E-state index in [0.29, 0.717) is 5.92 Å². The molecule has 0 saturated heterocycles. The number of hydrogen-bond acceptors (Lipinski definition) is 3. The second kappa shape index (κ2) is 6.29. The molecule has 100 valence electrons. The molecule has 0 aromatic heterocycles. The van der Waals surface area contributed by atoms with Crippen molar-refractivity contribution in [2.75, 3.05) is 19.4 Å². The van der Waals surface area contributed by atoms with E-state index in [0.717, 1.165) is 16.5 Å². The molecule has 1 aromatic rings. The SMILES string of the molecule is CNC(CO)(CSCc1ccc(Cl)cc1)C1CC1. The van der Waals surface area contributed by atoms with E-state index in [1.54, 1.807) is 0 Å². The summed E-state index contributed by atoms with van der Waals surface area (Å²) in [5.74, 6) is 2.56. The Morgan fingerprint density at radius 2 is 2.06 bits per heavy atom. The predicted molar refractivity (Wildman–Crippen MR) is 79.2 cm³/mol. The third-order valence-corrected chi connectivity index (χ3v) is 5.19. The molecule has 4 heteroatoms. The highest BCUT2D eigenvalue weighted by atomic mass is 35.5. The van der Waals surface area contributed by atoms with Crippen molar-refractivity contribution >= 4 is 23.4 Å². The first-order chi connectivity index (χ1) is 8.70. The Labute approximate surface area is 118 Å². The van der Waals surface area contributed by atoms with E-state index >= 15 is 0 Å². The first kappa shape index (κ1) is 14.2. The normalized spacial score (nSPS) is 18.6. The third-order valence-electron chi connectivity index (χ3n) is 3.68. The number of nitrogens with one attached hydrogen (secondary N) is 1. The van der Waals surface area contributed by atoms with Crippen LogP contribution in [-0.2, 0) is 5.75 Å². The lowest BCUT2D eigenvalue weighted by Crippen LogP contribution is -2.51. The highest BCUT2D eigenvalue weighted by molar-refractivity contribution is 7.98. The fourth-order valence-corrected chi connectivity index (χ4v) is 3.71. The van der Waals surface area contributed by atoms with Gasteiger partial charge in [0.2, 0.25) is 0 Å². The molecule has 1 aromatic carbocycles. The van der Waals surface area contributed by atoms with Crippen molar-refractivity contribution < 1.29 is 5.11 Å². The summed E-state index contributed by atoms with van der Waals surface area (Å²) >= 11 is 7.73. The number of halogens is 1. The van der Waals surface area contributed by atoms with E-state index in [2.05, 4.69) is 17.4 Å². The van der Waals surface area contributed by atoms with Crippen LogP contribution in [0.4, 0.5) is 0 Å². The quantitative estimate of drug-likeness (QED) is 0.808. The van der Waals surface area contributed by atoms with Gasteiger partial charge in [-0.05, 0) is 43.5 Å². The van der Waals surface area contributed by atoms with Gasteiger partial charge in [-0.1, -0.05) is 23.7 Å². The van der Waals surface area contributed by atoms with Gasteiger partial charge in [0.15, 0.2) is 0 Å². The van der Waals surface area contributed by atoms with Gasteiger partial charge >= 0.3 is 0 Å². The molecule has 1 unspecified atom stereocenters. The van der Waals surface area contributed by atoms with Crippen LogP contribution < -0.4 is 5.32 Å².